The van der Waals surface area contributed by atoms with E-state index in [1.807, 2.05) is 30.3 Å². The Labute approximate surface area is 216 Å². The molecule has 198 valence electrons. The highest BCUT2D eigenvalue weighted by molar-refractivity contribution is 6.22. The van der Waals surface area contributed by atoms with Gasteiger partial charge in [0.15, 0.2) is 0 Å². The highest BCUT2D eigenvalue weighted by Gasteiger charge is 2.51. The summed E-state index contributed by atoms with van der Waals surface area (Å²) in [5.74, 6) is -0.762. The molecule has 0 spiro atoms. The second kappa shape index (κ2) is 10.4. The minimum Gasteiger partial charge on any atom is -0.406 e. The van der Waals surface area contributed by atoms with Gasteiger partial charge in [-0.1, -0.05) is 30.3 Å². The number of ether oxygens (including phenoxy) is 1. The number of amides is 5. The third-order valence-electron chi connectivity index (χ3n) is 5.85. The predicted molar refractivity (Wildman–Crippen MR) is 132 cm³/mol. The minimum absolute atomic E-state index is 0.0200. The number of rotatable bonds is 7. The van der Waals surface area contributed by atoms with Gasteiger partial charge in [0.2, 0.25) is 0 Å². The van der Waals surface area contributed by atoms with E-state index >= 15 is 0 Å². The molecule has 0 bridgehead atoms. The summed E-state index contributed by atoms with van der Waals surface area (Å²) in [6.45, 7) is 3.49. The first-order chi connectivity index (χ1) is 17.9. The molecular formula is C26H24F3N5O4. The highest BCUT2D eigenvalue weighted by Crippen LogP contribution is 2.34. The molecule has 1 aromatic heterocycles. The lowest BCUT2D eigenvalue weighted by molar-refractivity contribution is -0.274. The predicted octanol–water partition coefficient (Wildman–Crippen LogP) is 5.05. The number of imide groups is 1. The van der Waals surface area contributed by atoms with Crippen LogP contribution in [0.3, 0.4) is 0 Å². The van der Waals surface area contributed by atoms with Crippen molar-refractivity contribution in [2.75, 3.05) is 10.2 Å². The lowest BCUT2D eigenvalue weighted by Gasteiger charge is -2.27. The van der Waals surface area contributed by atoms with E-state index in [9.17, 15) is 27.6 Å². The quantitative estimate of drug-likeness (QED) is 0.419. The smallest absolute Gasteiger partial charge is 0.406 e. The number of alkyl halides is 3. The molecule has 1 aliphatic rings. The summed E-state index contributed by atoms with van der Waals surface area (Å²) in [4.78, 5) is 45.1. The van der Waals surface area contributed by atoms with Crippen LogP contribution < -0.4 is 20.3 Å². The summed E-state index contributed by atoms with van der Waals surface area (Å²) in [6, 6.07) is 16.0. The molecule has 0 unspecified atom stereocenters. The SMILES string of the molecule is CC1(C)C(=O)N(c2ccc(OC(F)(F)F)cc2)C(=O)N1Cc1ccnc(NC(=O)NCc2ccccc2)c1. The number of carbonyl (C=O) groups excluding carboxylic acids is 3. The van der Waals surface area contributed by atoms with E-state index in [0.717, 1.165) is 22.6 Å². The first kappa shape index (κ1) is 26.5. The van der Waals surface area contributed by atoms with Crippen molar-refractivity contribution in [2.24, 2.45) is 0 Å². The van der Waals surface area contributed by atoms with E-state index in [0.29, 0.717) is 12.1 Å². The first-order valence-electron chi connectivity index (χ1n) is 11.5. The van der Waals surface area contributed by atoms with Gasteiger partial charge in [-0.3, -0.25) is 10.1 Å². The average Bonchev–Trinajstić information content (AvgIpc) is 3.02. The third kappa shape index (κ3) is 6.02. The number of hydrogen-bond acceptors (Lipinski definition) is 5. The molecule has 3 aromatic rings. The van der Waals surface area contributed by atoms with Gasteiger partial charge in [0.05, 0.1) is 5.69 Å². The second-order valence-corrected chi connectivity index (χ2v) is 8.95. The molecule has 0 radical (unpaired) electrons. The number of halogens is 3. The van der Waals surface area contributed by atoms with Crippen LogP contribution in [0.4, 0.5) is 34.3 Å². The normalized spacial score (nSPS) is 15.0. The summed E-state index contributed by atoms with van der Waals surface area (Å²) in [5, 5.41) is 5.37. The van der Waals surface area contributed by atoms with Crippen molar-refractivity contribution in [1.29, 1.82) is 0 Å². The Bertz CT molecular complexity index is 1330. The number of aromatic nitrogens is 1. The van der Waals surface area contributed by atoms with Gasteiger partial charge in [0, 0.05) is 19.3 Å². The topological polar surface area (TPSA) is 104 Å². The number of urea groups is 2. The lowest BCUT2D eigenvalue weighted by atomic mass is 10.0. The molecule has 5 amide bonds. The number of nitrogens with zero attached hydrogens (tertiary/aromatic N) is 3. The fourth-order valence-electron chi connectivity index (χ4n) is 3.89. The third-order valence-corrected chi connectivity index (χ3v) is 5.85. The van der Waals surface area contributed by atoms with Gasteiger partial charge < -0.3 is 15.0 Å². The van der Waals surface area contributed by atoms with Gasteiger partial charge in [-0.05, 0) is 61.4 Å². The number of nitrogens with one attached hydrogen (secondary N) is 2. The molecule has 1 aliphatic heterocycles. The molecule has 4 rings (SSSR count). The van der Waals surface area contributed by atoms with Crippen molar-refractivity contribution in [3.8, 4) is 5.75 Å². The molecule has 2 aromatic carbocycles. The van der Waals surface area contributed by atoms with Crippen LogP contribution in [0.5, 0.6) is 5.75 Å². The molecule has 9 nitrogen and oxygen atoms in total. The van der Waals surface area contributed by atoms with Crippen LogP contribution in [-0.4, -0.2) is 39.8 Å². The summed E-state index contributed by atoms with van der Waals surface area (Å²) in [5.41, 5.74) is 0.388. The standard InChI is InChI=1S/C26H24F3N5O4/c1-25(2)22(35)34(19-8-10-20(11-9-19)38-26(27,28)29)24(37)33(25)16-18-12-13-30-21(14-18)32-23(36)31-15-17-6-4-3-5-7-17/h3-14H,15-16H2,1-2H3,(H2,30,31,32,36). The Kier molecular flexibility index (Phi) is 7.24. The van der Waals surface area contributed by atoms with Gasteiger partial charge >= 0.3 is 18.4 Å². The molecule has 2 N–H and O–H groups in total. The van der Waals surface area contributed by atoms with Crippen LogP contribution in [0.2, 0.25) is 0 Å². The van der Waals surface area contributed by atoms with Crippen molar-refractivity contribution >= 4 is 29.5 Å². The zero-order chi connectivity index (χ0) is 27.5. The monoisotopic (exact) mass is 527 g/mol. The van der Waals surface area contributed by atoms with Gasteiger partial charge in [-0.2, -0.15) is 0 Å². The maximum Gasteiger partial charge on any atom is 0.573 e. The van der Waals surface area contributed by atoms with Crippen molar-refractivity contribution in [3.63, 3.8) is 0 Å². The molecule has 2 heterocycles. The van der Waals surface area contributed by atoms with Crippen LogP contribution in [0.1, 0.15) is 25.0 Å². The molecule has 0 saturated carbocycles. The summed E-state index contributed by atoms with van der Waals surface area (Å²) < 4.78 is 41.2. The number of hydrogen-bond donors (Lipinski definition) is 2. The molecule has 1 saturated heterocycles. The van der Waals surface area contributed by atoms with E-state index in [1.165, 1.54) is 23.2 Å². The van der Waals surface area contributed by atoms with Gasteiger partial charge in [0.1, 0.15) is 17.1 Å². The van der Waals surface area contributed by atoms with Crippen molar-refractivity contribution < 1.29 is 32.3 Å². The van der Waals surface area contributed by atoms with Crippen LogP contribution in [-0.2, 0) is 17.9 Å². The van der Waals surface area contributed by atoms with E-state index in [4.69, 9.17) is 0 Å². The van der Waals surface area contributed by atoms with E-state index in [-0.39, 0.29) is 18.1 Å². The van der Waals surface area contributed by atoms with Crippen LogP contribution in [0, 0.1) is 0 Å². The second-order valence-electron chi connectivity index (χ2n) is 8.95. The fourth-order valence-corrected chi connectivity index (χ4v) is 3.89. The van der Waals surface area contributed by atoms with E-state index in [2.05, 4.69) is 20.4 Å². The number of pyridine rings is 1. The van der Waals surface area contributed by atoms with E-state index < -0.39 is 35.6 Å². The lowest BCUT2D eigenvalue weighted by Crippen LogP contribution is -2.43. The largest absolute Gasteiger partial charge is 0.573 e. The number of anilines is 2. The highest BCUT2D eigenvalue weighted by atomic mass is 19.4. The van der Waals surface area contributed by atoms with Crippen molar-refractivity contribution in [3.05, 3.63) is 84.1 Å². The van der Waals surface area contributed by atoms with Gasteiger partial charge in [-0.25, -0.2) is 19.5 Å². The Hall–Kier alpha value is -4.61. The fraction of sp³-hybridized carbons (Fsp3) is 0.231. The van der Waals surface area contributed by atoms with Gasteiger partial charge in [-0.15, -0.1) is 13.2 Å². The Morgan fingerprint density at radius 1 is 1.00 bits per heavy atom. The Morgan fingerprint density at radius 3 is 2.34 bits per heavy atom. The first-order valence-corrected chi connectivity index (χ1v) is 11.5. The zero-order valence-corrected chi connectivity index (χ0v) is 20.5. The maximum absolute atomic E-state index is 13.3. The van der Waals surface area contributed by atoms with Crippen molar-refractivity contribution in [2.45, 2.75) is 38.8 Å². The summed E-state index contributed by atoms with van der Waals surface area (Å²) >= 11 is 0. The zero-order valence-electron chi connectivity index (χ0n) is 20.5. The average molecular weight is 528 g/mol. The number of benzene rings is 2. The molecule has 38 heavy (non-hydrogen) atoms. The minimum atomic E-state index is -4.86. The van der Waals surface area contributed by atoms with Crippen LogP contribution >= 0.6 is 0 Å². The van der Waals surface area contributed by atoms with Crippen molar-refractivity contribution in [1.82, 2.24) is 15.2 Å². The van der Waals surface area contributed by atoms with Crippen LogP contribution in [0.15, 0.2) is 72.9 Å². The van der Waals surface area contributed by atoms with Gasteiger partial charge in [0.25, 0.3) is 5.91 Å². The number of carbonyl (C=O) groups is 3. The van der Waals surface area contributed by atoms with Crippen LogP contribution in [0.25, 0.3) is 0 Å². The maximum atomic E-state index is 13.3. The summed E-state index contributed by atoms with van der Waals surface area (Å²) in [7, 11) is 0. The molecule has 1 fully saturated rings. The molecule has 12 heteroatoms. The molecular weight excluding hydrogens is 503 g/mol. The van der Waals surface area contributed by atoms with E-state index in [1.54, 1.807) is 26.0 Å². The molecule has 0 atom stereocenters. The summed E-state index contributed by atoms with van der Waals surface area (Å²) in [6.07, 6.45) is -3.39. The Morgan fingerprint density at radius 2 is 1.68 bits per heavy atom. The molecule has 0 aliphatic carbocycles. The Balaban J connectivity index is 1.44.